The zero-order valence-electron chi connectivity index (χ0n) is 11.2. The standard InChI is InChI=1S/C13H12N4O5/c18-10-2-1-6(17(21)22)3-7(10)11-12-8(14-5-15-12)4-9(16-11)13(19)20/h1-3,5,9,11,16,18H,4H2,(H,14,15)(H,19,20)/p-1/t9-,11+/m0/s1. The number of carbonyl (C=O) groups excluding carboxylic acids is 1. The third kappa shape index (κ3) is 2.27. The molecule has 0 amide bonds. The summed E-state index contributed by atoms with van der Waals surface area (Å²) in [6, 6.07) is 1.79. The van der Waals surface area contributed by atoms with Gasteiger partial charge in [0, 0.05) is 24.1 Å². The Kier molecular flexibility index (Phi) is 3.26. The van der Waals surface area contributed by atoms with Gasteiger partial charge in [-0.2, -0.15) is 0 Å². The minimum Gasteiger partial charge on any atom is -0.872 e. The monoisotopic (exact) mass is 303 g/mol. The van der Waals surface area contributed by atoms with Crippen molar-refractivity contribution in [3.63, 3.8) is 0 Å². The number of imidazole rings is 1. The van der Waals surface area contributed by atoms with Gasteiger partial charge in [-0.05, 0) is 0 Å². The van der Waals surface area contributed by atoms with Crippen molar-refractivity contribution in [1.82, 2.24) is 9.97 Å². The maximum Gasteiger partial charge on any atom is 0.269 e. The Morgan fingerprint density at radius 2 is 2.23 bits per heavy atom. The Hall–Kier alpha value is -2.94. The van der Waals surface area contributed by atoms with Gasteiger partial charge < -0.3 is 25.3 Å². The number of nitro groups is 1. The first-order chi connectivity index (χ1) is 10.5. The van der Waals surface area contributed by atoms with E-state index in [0.29, 0.717) is 11.4 Å². The van der Waals surface area contributed by atoms with E-state index < -0.39 is 28.7 Å². The zero-order valence-corrected chi connectivity index (χ0v) is 11.2. The van der Waals surface area contributed by atoms with Gasteiger partial charge in [-0.1, -0.05) is 11.8 Å². The van der Waals surface area contributed by atoms with Gasteiger partial charge in [0.25, 0.3) is 5.69 Å². The third-order valence-electron chi connectivity index (χ3n) is 3.74. The minimum absolute atomic E-state index is 0.133. The van der Waals surface area contributed by atoms with E-state index in [4.69, 9.17) is 0 Å². The van der Waals surface area contributed by atoms with Crippen LogP contribution in [0, 0.1) is 10.1 Å². The zero-order chi connectivity index (χ0) is 15.9. The summed E-state index contributed by atoms with van der Waals surface area (Å²) in [6.07, 6.45) is 1.60. The summed E-state index contributed by atoms with van der Waals surface area (Å²) in [7, 11) is 0. The number of benzene rings is 1. The van der Waals surface area contributed by atoms with E-state index in [2.05, 4.69) is 9.97 Å². The Morgan fingerprint density at radius 3 is 2.91 bits per heavy atom. The van der Waals surface area contributed by atoms with Crippen molar-refractivity contribution in [2.24, 2.45) is 0 Å². The summed E-state index contributed by atoms with van der Waals surface area (Å²) in [6.45, 7) is 0. The van der Waals surface area contributed by atoms with Gasteiger partial charge >= 0.3 is 0 Å². The molecule has 1 aromatic carbocycles. The second-order valence-corrected chi connectivity index (χ2v) is 5.05. The molecule has 1 aromatic heterocycles. The number of H-pyrrole nitrogens is 1. The normalized spacial score (nSPS) is 20.4. The number of hydrogen-bond acceptors (Lipinski definition) is 6. The van der Waals surface area contributed by atoms with Gasteiger partial charge in [0.1, 0.15) is 11.7 Å². The highest BCUT2D eigenvalue weighted by Gasteiger charge is 2.35. The van der Waals surface area contributed by atoms with Crippen molar-refractivity contribution in [3.05, 3.63) is 51.6 Å². The predicted octanol–water partition coefficient (Wildman–Crippen LogP) is -2.28. The number of quaternary nitrogens is 1. The van der Waals surface area contributed by atoms with Crippen molar-refractivity contribution in [1.29, 1.82) is 0 Å². The summed E-state index contributed by atoms with van der Waals surface area (Å²) < 4.78 is 0. The number of aromatic nitrogens is 2. The van der Waals surface area contributed by atoms with Gasteiger partial charge in [0.2, 0.25) is 0 Å². The summed E-state index contributed by atoms with van der Waals surface area (Å²) in [5, 5.41) is 35.5. The van der Waals surface area contributed by atoms with Gasteiger partial charge in [-0.25, -0.2) is 4.98 Å². The fourth-order valence-electron chi connectivity index (χ4n) is 2.68. The molecule has 0 bridgehead atoms. The lowest BCUT2D eigenvalue weighted by molar-refractivity contribution is -0.717. The fraction of sp³-hybridized carbons (Fsp3) is 0.231. The first-order valence-electron chi connectivity index (χ1n) is 6.50. The van der Waals surface area contributed by atoms with Crippen molar-refractivity contribution < 1.29 is 25.2 Å². The number of rotatable bonds is 3. The molecule has 9 nitrogen and oxygen atoms in total. The van der Waals surface area contributed by atoms with E-state index in [1.54, 1.807) is 0 Å². The lowest BCUT2D eigenvalue weighted by atomic mass is 9.93. The molecule has 0 aliphatic carbocycles. The van der Waals surface area contributed by atoms with Crippen LogP contribution >= 0.6 is 0 Å². The largest absolute Gasteiger partial charge is 0.872 e. The van der Waals surface area contributed by atoms with E-state index in [1.165, 1.54) is 17.7 Å². The first-order valence-corrected chi connectivity index (χ1v) is 6.50. The van der Waals surface area contributed by atoms with Crippen molar-refractivity contribution >= 4 is 11.7 Å². The van der Waals surface area contributed by atoms with E-state index in [9.17, 15) is 25.1 Å². The van der Waals surface area contributed by atoms with Crippen molar-refractivity contribution in [2.75, 3.05) is 0 Å². The number of aliphatic carboxylic acids is 1. The summed E-state index contributed by atoms with van der Waals surface area (Å²) in [5.41, 5.74) is 1.01. The molecule has 0 radical (unpaired) electrons. The molecule has 0 saturated heterocycles. The molecule has 2 atom stereocenters. The number of carboxylic acids is 1. The quantitative estimate of drug-likeness (QED) is 0.481. The molecule has 1 aliphatic heterocycles. The molecule has 1 aliphatic rings. The van der Waals surface area contributed by atoms with Crippen molar-refractivity contribution in [3.8, 4) is 5.75 Å². The molecular weight excluding hydrogens is 292 g/mol. The highest BCUT2D eigenvalue weighted by atomic mass is 16.6. The number of carboxylic acid groups (broad SMARTS) is 1. The fourth-order valence-corrected chi connectivity index (χ4v) is 2.68. The molecule has 114 valence electrons. The number of aromatic amines is 1. The molecule has 0 unspecified atom stereocenters. The molecule has 3 N–H and O–H groups in total. The van der Waals surface area contributed by atoms with Crippen LogP contribution in [0.5, 0.6) is 5.75 Å². The molecule has 22 heavy (non-hydrogen) atoms. The topological polar surface area (TPSA) is 152 Å². The molecule has 2 heterocycles. The smallest absolute Gasteiger partial charge is 0.269 e. The lowest BCUT2D eigenvalue weighted by Gasteiger charge is -2.29. The molecule has 2 aromatic rings. The Morgan fingerprint density at radius 1 is 1.45 bits per heavy atom. The number of fused-ring (bicyclic) bond motifs is 1. The lowest BCUT2D eigenvalue weighted by Crippen LogP contribution is -2.95. The number of carbonyl (C=O) groups is 1. The van der Waals surface area contributed by atoms with E-state index in [1.807, 2.05) is 0 Å². The second-order valence-electron chi connectivity index (χ2n) is 5.05. The summed E-state index contributed by atoms with van der Waals surface area (Å²) in [4.78, 5) is 28.4. The van der Waals surface area contributed by atoms with Crippen LogP contribution in [0.3, 0.4) is 0 Å². The molecule has 0 saturated carbocycles. The molecule has 0 fully saturated rings. The first kappa shape index (κ1) is 14.0. The Bertz CT molecular complexity index is 757. The number of hydrogen-bond donors (Lipinski definition) is 2. The second kappa shape index (κ2) is 5.11. The molecular formula is C13H11N4O5-. The predicted molar refractivity (Wildman–Crippen MR) is 67.4 cm³/mol. The van der Waals surface area contributed by atoms with Gasteiger partial charge in [-0.3, -0.25) is 10.1 Å². The highest BCUT2D eigenvalue weighted by Crippen LogP contribution is 2.30. The maximum absolute atomic E-state index is 12.1. The van der Waals surface area contributed by atoms with Crippen LogP contribution in [-0.2, 0) is 11.2 Å². The average Bonchev–Trinajstić information content (AvgIpc) is 2.94. The van der Waals surface area contributed by atoms with Crippen LogP contribution in [0.25, 0.3) is 0 Å². The van der Waals surface area contributed by atoms with Crippen LogP contribution in [0.1, 0.15) is 23.0 Å². The van der Waals surface area contributed by atoms with Gasteiger partial charge in [-0.15, -0.1) is 0 Å². The number of nitro benzene ring substituents is 1. The number of nitrogens with zero attached hydrogens (tertiary/aromatic N) is 2. The van der Waals surface area contributed by atoms with E-state index in [0.717, 1.165) is 12.1 Å². The molecule has 0 spiro atoms. The van der Waals surface area contributed by atoms with E-state index in [-0.39, 0.29) is 17.7 Å². The van der Waals surface area contributed by atoms with Crippen molar-refractivity contribution in [2.45, 2.75) is 18.5 Å². The molecule has 9 heteroatoms. The van der Waals surface area contributed by atoms with Crippen LogP contribution in [0.2, 0.25) is 0 Å². The third-order valence-corrected chi connectivity index (χ3v) is 3.74. The summed E-state index contributed by atoms with van der Waals surface area (Å²) in [5.74, 6) is -1.66. The highest BCUT2D eigenvalue weighted by molar-refractivity contribution is 5.70. The van der Waals surface area contributed by atoms with Crippen LogP contribution in [0.15, 0.2) is 24.5 Å². The molecule has 3 rings (SSSR count). The Labute approximate surface area is 123 Å². The van der Waals surface area contributed by atoms with Crippen LogP contribution in [0.4, 0.5) is 5.69 Å². The Balaban J connectivity index is 2.09. The summed E-state index contributed by atoms with van der Waals surface area (Å²) >= 11 is 0. The minimum atomic E-state index is -1.26. The van der Waals surface area contributed by atoms with Crippen LogP contribution < -0.4 is 15.5 Å². The number of nitrogens with two attached hydrogens (primary N) is 1. The number of nitrogens with one attached hydrogen (secondary N) is 1. The SMILES string of the molecule is O=C([O-])[C@@H]1Cc2[nH]cnc2[C@@H](c2cc([N+](=O)[O-])ccc2[O-])[NH2+]1. The maximum atomic E-state index is 12.1. The average molecular weight is 303 g/mol. The van der Waals surface area contributed by atoms with Crippen LogP contribution in [-0.4, -0.2) is 26.9 Å². The van der Waals surface area contributed by atoms with E-state index >= 15 is 0 Å². The van der Waals surface area contributed by atoms with Gasteiger partial charge in [0.05, 0.1) is 22.9 Å². The number of non-ortho nitro benzene ring substituents is 1. The van der Waals surface area contributed by atoms with Gasteiger partial charge in [0.15, 0.2) is 6.04 Å².